The van der Waals surface area contributed by atoms with Gasteiger partial charge in [-0.15, -0.1) is 0 Å². The highest BCUT2D eigenvalue weighted by Gasteiger charge is 2.49. The molecule has 186 valence electrons. The monoisotopic (exact) mass is 500 g/mol. The summed E-state index contributed by atoms with van der Waals surface area (Å²) in [5.41, 5.74) is -2.13. The van der Waals surface area contributed by atoms with Gasteiger partial charge in [-0.05, 0) is 44.0 Å². The van der Waals surface area contributed by atoms with E-state index in [-0.39, 0.29) is 16.8 Å². The Morgan fingerprint density at radius 3 is 2.46 bits per heavy atom. The van der Waals surface area contributed by atoms with Gasteiger partial charge in [0.05, 0.1) is 11.1 Å². The number of nitrogens with one attached hydrogen (secondary N) is 2. The Labute approximate surface area is 194 Å². The van der Waals surface area contributed by atoms with Crippen LogP contribution in [0.4, 0.5) is 32.0 Å². The number of nitrogens with zero attached hydrogens (tertiary/aromatic N) is 2. The molecule has 13 heteroatoms. The van der Waals surface area contributed by atoms with Gasteiger partial charge < -0.3 is 10.4 Å². The summed E-state index contributed by atoms with van der Waals surface area (Å²) in [5.74, 6) is -2.47. The van der Waals surface area contributed by atoms with E-state index in [4.69, 9.17) is 0 Å². The summed E-state index contributed by atoms with van der Waals surface area (Å²) in [6.07, 6.45) is -7.72. The zero-order valence-corrected chi connectivity index (χ0v) is 18.0. The van der Waals surface area contributed by atoms with Gasteiger partial charge in [-0.2, -0.15) is 26.3 Å². The minimum atomic E-state index is -4.78. The molecule has 0 spiro atoms. The zero-order chi connectivity index (χ0) is 25.8. The molecule has 1 saturated heterocycles. The molecule has 0 bridgehead atoms. The lowest BCUT2D eigenvalue weighted by Gasteiger charge is -2.39. The van der Waals surface area contributed by atoms with E-state index in [1.165, 1.54) is 5.01 Å². The molecule has 35 heavy (non-hydrogen) atoms. The van der Waals surface area contributed by atoms with Crippen LogP contribution < -0.4 is 10.7 Å². The second-order valence-corrected chi connectivity index (χ2v) is 8.34. The van der Waals surface area contributed by atoms with E-state index < -0.39 is 52.3 Å². The number of aliphatic hydroxyl groups is 1. The second-order valence-electron chi connectivity index (χ2n) is 8.34. The van der Waals surface area contributed by atoms with Gasteiger partial charge in [0.15, 0.2) is 0 Å². The number of fused-ring (bicyclic) bond motifs is 1. The van der Waals surface area contributed by atoms with Gasteiger partial charge in [-0.3, -0.25) is 20.0 Å². The van der Waals surface area contributed by atoms with Crippen molar-refractivity contribution in [2.24, 2.45) is 0 Å². The molecule has 2 aliphatic heterocycles. The molecular formula is C22H18F6N4O3. The summed E-state index contributed by atoms with van der Waals surface area (Å²) < 4.78 is 78.5. The van der Waals surface area contributed by atoms with Crippen LogP contribution in [0, 0.1) is 0 Å². The summed E-state index contributed by atoms with van der Waals surface area (Å²) in [5, 5.41) is 14.5. The lowest BCUT2D eigenvalue weighted by molar-refractivity contribution is -0.141. The van der Waals surface area contributed by atoms with Crippen LogP contribution in [0.2, 0.25) is 0 Å². The van der Waals surface area contributed by atoms with Crippen LogP contribution in [-0.4, -0.2) is 39.0 Å². The Morgan fingerprint density at radius 2 is 1.86 bits per heavy atom. The van der Waals surface area contributed by atoms with Crippen molar-refractivity contribution >= 4 is 17.5 Å². The number of carbonyl (C=O) groups is 2. The van der Waals surface area contributed by atoms with Crippen LogP contribution in [0.15, 0.2) is 47.9 Å². The number of rotatable bonds is 3. The number of alkyl halides is 6. The van der Waals surface area contributed by atoms with Crippen LogP contribution in [0.3, 0.4) is 0 Å². The largest absolute Gasteiger partial charge is 0.509 e. The van der Waals surface area contributed by atoms with Crippen LogP contribution in [0.5, 0.6) is 0 Å². The third-order valence-corrected chi connectivity index (χ3v) is 6.04. The predicted octanol–water partition coefficient (Wildman–Crippen LogP) is 4.44. The Morgan fingerprint density at radius 1 is 1.14 bits per heavy atom. The summed E-state index contributed by atoms with van der Waals surface area (Å²) in [6, 6.07) is 3.75. The van der Waals surface area contributed by atoms with Crippen LogP contribution in [0.1, 0.15) is 31.0 Å². The standard InChI is InChI=1S/C22H18F6N4O3/c1-20-7-2-8-32(20)31-19(35)16(17(20)33)18(34)30-14-5-4-12(21(23,24)25)9-13(14)11-3-6-15(29-10-11)22(26,27)28/h3-6,9-10,33H,2,7-8H2,1H3,(H,30,34)(H,31,35). The molecule has 0 saturated carbocycles. The minimum Gasteiger partial charge on any atom is -0.509 e. The molecule has 1 fully saturated rings. The molecule has 2 aliphatic rings. The van der Waals surface area contributed by atoms with E-state index >= 15 is 0 Å². The Bertz CT molecular complexity index is 1220. The average Bonchev–Trinajstić information content (AvgIpc) is 3.14. The Kier molecular flexibility index (Phi) is 5.78. The third kappa shape index (κ3) is 4.43. The van der Waals surface area contributed by atoms with Crippen molar-refractivity contribution in [1.29, 1.82) is 0 Å². The topological polar surface area (TPSA) is 94.6 Å². The zero-order valence-electron chi connectivity index (χ0n) is 18.0. The molecule has 7 nitrogen and oxygen atoms in total. The van der Waals surface area contributed by atoms with Crippen molar-refractivity contribution in [2.45, 2.75) is 37.7 Å². The van der Waals surface area contributed by atoms with E-state index in [9.17, 15) is 41.0 Å². The fourth-order valence-electron chi connectivity index (χ4n) is 4.13. The van der Waals surface area contributed by atoms with Crippen LogP contribution in [0.25, 0.3) is 11.1 Å². The quantitative estimate of drug-likeness (QED) is 0.428. The van der Waals surface area contributed by atoms with Gasteiger partial charge in [-0.1, -0.05) is 6.07 Å². The maximum Gasteiger partial charge on any atom is 0.433 e. The van der Waals surface area contributed by atoms with E-state index in [1.807, 2.05) is 0 Å². The molecule has 1 aromatic carbocycles. The highest BCUT2D eigenvalue weighted by Crippen LogP contribution is 2.39. The van der Waals surface area contributed by atoms with Crippen molar-refractivity contribution in [3.05, 3.63) is 59.1 Å². The smallest absolute Gasteiger partial charge is 0.433 e. The molecule has 3 heterocycles. The number of amides is 2. The van der Waals surface area contributed by atoms with Crippen molar-refractivity contribution < 1.29 is 41.0 Å². The number of aliphatic hydroxyl groups excluding tert-OH is 1. The SMILES string of the molecule is CC12CCCN1NC(=O)C(C(=O)Nc1ccc(C(F)(F)F)cc1-c1ccc(C(F)(F)F)nc1)=C2O. The van der Waals surface area contributed by atoms with E-state index in [0.29, 0.717) is 37.6 Å². The molecule has 3 N–H and O–H groups in total. The second kappa shape index (κ2) is 8.26. The molecule has 1 atom stereocenters. The number of aromatic nitrogens is 1. The third-order valence-electron chi connectivity index (χ3n) is 6.04. The molecule has 1 aromatic heterocycles. The Hall–Kier alpha value is -3.61. The minimum absolute atomic E-state index is 0.139. The van der Waals surface area contributed by atoms with E-state index in [1.54, 1.807) is 6.92 Å². The van der Waals surface area contributed by atoms with E-state index in [0.717, 1.165) is 18.3 Å². The van der Waals surface area contributed by atoms with E-state index in [2.05, 4.69) is 15.7 Å². The summed E-state index contributed by atoms with van der Waals surface area (Å²) >= 11 is 0. The highest BCUT2D eigenvalue weighted by molar-refractivity contribution is 6.24. The first-order chi connectivity index (χ1) is 16.2. The fourth-order valence-corrected chi connectivity index (χ4v) is 4.13. The number of benzene rings is 1. The summed E-state index contributed by atoms with van der Waals surface area (Å²) in [7, 11) is 0. The summed E-state index contributed by atoms with van der Waals surface area (Å²) in [4.78, 5) is 28.7. The molecule has 0 aliphatic carbocycles. The number of hydrogen-bond acceptors (Lipinski definition) is 5. The maximum atomic E-state index is 13.3. The van der Waals surface area contributed by atoms with Gasteiger partial charge in [0.1, 0.15) is 17.0 Å². The first-order valence-electron chi connectivity index (χ1n) is 10.3. The number of hydrogen-bond donors (Lipinski definition) is 3. The van der Waals surface area contributed by atoms with Crippen LogP contribution >= 0.6 is 0 Å². The van der Waals surface area contributed by atoms with Crippen molar-refractivity contribution in [3.63, 3.8) is 0 Å². The highest BCUT2D eigenvalue weighted by atomic mass is 19.4. The summed E-state index contributed by atoms with van der Waals surface area (Å²) in [6.45, 7) is 2.07. The van der Waals surface area contributed by atoms with Gasteiger partial charge in [0, 0.05) is 29.6 Å². The van der Waals surface area contributed by atoms with Gasteiger partial charge >= 0.3 is 12.4 Å². The normalized spacial score (nSPS) is 21.1. The van der Waals surface area contributed by atoms with Crippen LogP contribution in [-0.2, 0) is 21.9 Å². The average molecular weight is 500 g/mol. The fraction of sp³-hybridized carbons (Fsp3) is 0.318. The predicted molar refractivity (Wildman–Crippen MR) is 110 cm³/mol. The van der Waals surface area contributed by atoms with Crippen molar-refractivity contribution in [1.82, 2.24) is 15.4 Å². The number of hydrazine groups is 1. The molecule has 4 rings (SSSR count). The first-order valence-corrected chi connectivity index (χ1v) is 10.3. The van der Waals surface area contributed by atoms with Crippen molar-refractivity contribution in [3.8, 4) is 11.1 Å². The van der Waals surface area contributed by atoms with Gasteiger partial charge in [-0.25, -0.2) is 5.01 Å². The number of pyridine rings is 1. The first kappa shape index (κ1) is 24.5. The molecule has 1 unspecified atom stereocenters. The number of carbonyl (C=O) groups excluding carboxylic acids is 2. The van der Waals surface area contributed by atoms with Crippen molar-refractivity contribution in [2.75, 3.05) is 11.9 Å². The molecule has 2 aromatic rings. The molecule has 2 amide bonds. The number of anilines is 1. The van der Waals surface area contributed by atoms with Gasteiger partial charge in [0.2, 0.25) is 0 Å². The molecule has 0 radical (unpaired) electrons. The van der Waals surface area contributed by atoms with Gasteiger partial charge in [0.25, 0.3) is 11.8 Å². The lowest BCUT2D eigenvalue weighted by Crippen LogP contribution is -2.58. The maximum absolute atomic E-state index is 13.3. The lowest BCUT2D eigenvalue weighted by atomic mass is 9.91. The number of halogens is 6. The Balaban J connectivity index is 1.75. The molecular weight excluding hydrogens is 482 g/mol.